The number of ether oxygens (including phenoxy) is 1. The quantitative estimate of drug-likeness (QED) is 0.848. The number of carbonyl (C=O) groups is 1. The first-order valence-electron chi connectivity index (χ1n) is 5.48. The zero-order chi connectivity index (χ0) is 12.5. The molecule has 3 rings (SSSR count). The van der Waals surface area contributed by atoms with E-state index in [9.17, 15) is 4.79 Å². The second kappa shape index (κ2) is 4.38. The molecule has 1 unspecified atom stereocenters. The van der Waals surface area contributed by atoms with Gasteiger partial charge in [0.25, 0.3) is 5.91 Å². The largest absolute Gasteiger partial charge is 0.482 e. The molecule has 1 aliphatic rings. The molecule has 2 heterocycles. The van der Waals surface area contributed by atoms with Gasteiger partial charge in [-0.25, -0.2) is 0 Å². The highest BCUT2D eigenvalue weighted by atomic mass is 35.5. The topological polar surface area (TPSA) is 51.5 Å². The number of carbonyl (C=O) groups excluding carboxylic acids is 1. The van der Waals surface area contributed by atoms with Gasteiger partial charge in [0.1, 0.15) is 16.9 Å². The first-order valence-corrected chi connectivity index (χ1v) is 5.92. The summed E-state index contributed by atoms with van der Waals surface area (Å²) in [5, 5.41) is 2.36. The van der Waals surface area contributed by atoms with E-state index in [-0.39, 0.29) is 17.9 Å². The Morgan fingerprint density at radius 3 is 3.00 bits per heavy atom. The number of furan rings is 1. The Bertz CT molecular complexity index is 580. The van der Waals surface area contributed by atoms with Gasteiger partial charge in [0.05, 0.1) is 12.0 Å². The van der Waals surface area contributed by atoms with Crippen molar-refractivity contribution in [3.63, 3.8) is 0 Å². The number of alkyl halides is 1. The van der Waals surface area contributed by atoms with Gasteiger partial charge in [-0.2, -0.15) is 0 Å². The van der Waals surface area contributed by atoms with Gasteiger partial charge in [0.2, 0.25) is 0 Å². The van der Waals surface area contributed by atoms with Gasteiger partial charge in [0, 0.05) is 0 Å². The van der Waals surface area contributed by atoms with Gasteiger partial charge in [-0.1, -0.05) is 6.07 Å². The number of hydrogen-bond acceptors (Lipinski definition) is 3. The van der Waals surface area contributed by atoms with E-state index in [4.69, 9.17) is 20.8 Å². The summed E-state index contributed by atoms with van der Waals surface area (Å²) in [6.07, 6.45) is 1.58. The van der Waals surface area contributed by atoms with Gasteiger partial charge < -0.3 is 14.5 Å². The lowest BCUT2D eigenvalue weighted by Gasteiger charge is -2.19. The number of rotatable bonds is 2. The average Bonchev–Trinajstić information content (AvgIpc) is 2.90. The van der Waals surface area contributed by atoms with E-state index >= 15 is 0 Å². The van der Waals surface area contributed by atoms with Crippen LogP contribution in [0.4, 0.5) is 5.69 Å². The molecule has 0 aliphatic carbocycles. The third kappa shape index (κ3) is 1.95. The Morgan fingerprint density at radius 1 is 1.33 bits per heavy atom. The Hall–Kier alpha value is -1.94. The molecule has 1 aromatic carbocycles. The van der Waals surface area contributed by atoms with Crippen molar-refractivity contribution in [3.05, 3.63) is 47.9 Å². The SMILES string of the molecule is O=C1COc2ccc(C(Cl)c3ccco3)cc2N1. The van der Waals surface area contributed by atoms with Crippen LogP contribution in [0.1, 0.15) is 16.7 Å². The molecule has 0 fully saturated rings. The fourth-order valence-corrected chi connectivity index (χ4v) is 2.12. The molecule has 18 heavy (non-hydrogen) atoms. The van der Waals surface area contributed by atoms with Gasteiger partial charge in [-0.05, 0) is 29.8 Å². The molecule has 92 valence electrons. The van der Waals surface area contributed by atoms with E-state index in [1.165, 1.54) is 0 Å². The Balaban J connectivity index is 1.94. The summed E-state index contributed by atoms with van der Waals surface area (Å²) in [5.41, 5.74) is 1.48. The third-order valence-corrected chi connectivity index (χ3v) is 3.19. The summed E-state index contributed by atoms with van der Waals surface area (Å²) in [6, 6.07) is 9.05. The molecule has 1 atom stereocenters. The van der Waals surface area contributed by atoms with Crippen LogP contribution in [-0.4, -0.2) is 12.5 Å². The molecule has 2 aromatic rings. The summed E-state index contributed by atoms with van der Waals surface area (Å²) in [4.78, 5) is 11.2. The standard InChI is InChI=1S/C13H10ClNO3/c14-13(11-2-1-5-17-11)8-3-4-10-9(6-8)15-12(16)7-18-10/h1-6,13H,7H2,(H,15,16). The molecule has 0 radical (unpaired) electrons. The van der Waals surface area contributed by atoms with Crippen LogP contribution in [0, 0.1) is 0 Å². The smallest absolute Gasteiger partial charge is 0.262 e. The minimum Gasteiger partial charge on any atom is -0.482 e. The van der Waals surface area contributed by atoms with Crippen molar-refractivity contribution >= 4 is 23.2 Å². The first-order chi connectivity index (χ1) is 8.74. The molecule has 1 amide bonds. The maximum Gasteiger partial charge on any atom is 0.262 e. The van der Waals surface area contributed by atoms with E-state index in [0.717, 1.165) is 5.56 Å². The maximum absolute atomic E-state index is 11.2. The fourth-order valence-electron chi connectivity index (χ4n) is 1.86. The van der Waals surface area contributed by atoms with Gasteiger partial charge >= 0.3 is 0 Å². The number of fused-ring (bicyclic) bond motifs is 1. The van der Waals surface area contributed by atoms with Crippen molar-refractivity contribution in [3.8, 4) is 5.75 Å². The number of nitrogens with one attached hydrogen (secondary N) is 1. The Labute approximate surface area is 109 Å². The monoisotopic (exact) mass is 263 g/mol. The van der Waals surface area contributed by atoms with Crippen LogP contribution in [0.25, 0.3) is 0 Å². The zero-order valence-electron chi connectivity index (χ0n) is 9.35. The van der Waals surface area contributed by atoms with Gasteiger partial charge in [-0.15, -0.1) is 11.6 Å². The van der Waals surface area contributed by atoms with E-state index in [2.05, 4.69) is 5.32 Å². The molecule has 0 spiro atoms. The Kier molecular flexibility index (Phi) is 2.72. The molecular weight excluding hydrogens is 254 g/mol. The predicted octanol–water partition coefficient (Wildman–Crippen LogP) is 2.94. The minimum absolute atomic E-state index is 0.0504. The minimum atomic E-state index is -0.385. The number of halogens is 1. The number of hydrogen-bond donors (Lipinski definition) is 1. The highest BCUT2D eigenvalue weighted by molar-refractivity contribution is 6.22. The normalized spacial score (nSPS) is 15.5. The molecule has 4 nitrogen and oxygen atoms in total. The average molecular weight is 264 g/mol. The van der Waals surface area contributed by atoms with Gasteiger partial charge in [-0.3, -0.25) is 4.79 Å². The zero-order valence-corrected chi connectivity index (χ0v) is 10.1. The van der Waals surface area contributed by atoms with E-state index in [1.807, 2.05) is 12.1 Å². The van der Waals surface area contributed by atoms with Crippen molar-refractivity contribution in [2.75, 3.05) is 11.9 Å². The van der Waals surface area contributed by atoms with E-state index in [0.29, 0.717) is 17.2 Å². The van der Waals surface area contributed by atoms with Crippen LogP contribution in [0.15, 0.2) is 41.0 Å². The Morgan fingerprint density at radius 2 is 2.22 bits per heavy atom. The molecule has 0 bridgehead atoms. The predicted molar refractivity (Wildman–Crippen MR) is 67.0 cm³/mol. The highest BCUT2D eigenvalue weighted by Crippen LogP contribution is 2.35. The van der Waals surface area contributed by atoms with Crippen LogP contribution in [0.2, 0.25) is 0 Å². The summed E-state index contributed by atoms with van der Waals surface area (Å²) in [7, 11) is 0. The molecule has 1 N–H and O–H groups in total. The molecule has 0 saturated carbocycles. The number of amides is 1. The second-order valence-electron chi connectivity index (χ2n) is 3.97. The molecule has 1 aromatic heterocycles. The van der Waals surface area contributed by atoms with Crippen LogP contribution < -0.4 is 10.1 Å². The fraction of sp³-hybridized carbons (Fsp3) is 0.154. The van der Waals surface area contributed by atoms with E-state index in [1.54, 1.807) is 24.5 Å². The summed E-state index contributed by atoms with van der Waals surface area (Å²) in [5.74, 6) is 1.16. The maximum atomic E-state index is 11.2. The van der Waals surface area contributed by atoms with Crippen LogP contribution in [0.3, 0.4) is 0 Å². The van der Waals surface area contributed by atoms with Crippen LogP contribution in [0.5, 0.6) is 5.75 Å². The number of benzene rings is 1. The lowest BCUT2D eigenvalue weighted by atomic mass is 10.1. The lowest BCUT2D eigenvalue weighted by Crippen LogP contribution is -2.25. The van der Waals surface area contributed by atoms with Crippen molar-refractivity contribution in [2.45, 2.75) is 5.38 Å². The van der Waals surface area contributed by atoms with Gasteiger partial charge in [0.15, 0.2) is 6.61 Å². The summed E-state index contributed by atoms with van der Waals surface area (Å²) >= 11 is 6.30. The summed E-state index contributed by atoms with van der Waals surface area (Å²) in [6.45, 7) is 0.0504. The van der Waals surface area contributed by atoms with Crippen LogP contribution in [-0.2, 0) is 4.79 Å². The third-order valence-electron chi connectivity index (χ3n) is 2.72. The molecule has 1 aliphatic heterocycles. The first kappa shape index (κ1) is 11.2. The molecular formula is C13H10ClNO3. The number of anilines is 1. The summed E-state index contributed by atoms with van der Waals surface area (Å²) < 4.78 is 10.5. The molecule has 5 heteroatoms. The van der Waals surface area contributed by atoms with Crippen molar-refractivity contribution in [1.29, 1.82) is 0 Å². The highest BCUT2D eigenvalue weighted by Gasteiger charge is 2.19. The van der Waals surface area contributed by atoms with Crippen molar-refractivity contribution in [1.82, 2.24) is 0 Å². The second-order valence-corrected chi connectivity index (χ2v) is 4.41. The van der Waals surface area contributed by atoms with Crippen LogP contribution >= 0.6 is 11.6 Å². The lowest BCUT2D eigenvalue weighted by molar-refractivity contribution is -0.118. The van der Waals surface area contributed by atoms with Crippen molar-refractivity contribution in [2.24, 2.45) is 0 Å². The van der Waals surface area contributed by atoms with E-state index < -0.39 is 0 Å². The van der Waals surface area contributed by atoms with Crippen molar-refractivity contribution < 1.29 is 13.9 Å². The molecule has 0 saturated heterocycles.